The van der Waals surface area contributed by atoms with Crippen molar-refractivity contribution in [2.75, 3.05) is 0 Å². The molecule has 1 heterocycles. The van der Waals surface area contributed by atoms with E-state index in [0.717, 1.165) is 24.3 Å². The zero-order valence-electron chi connectivity index (χ0n) is 13.6. The number of imide groups is 1. The van der Waals surface area contributed by atoms with Crippen molar-refractivity contribution in [2.24, 2.45) is 0 Å². The van der Waals surface area contributed by atoms with E-state index in [4.69, 9.17) is 10.00 Å². The summed E-state index contributed by atoms with van der Waals surface area (Å²) >= 11 is 0.646. The predicted molar refractivity (Wildman–Crippen MR) is 91.7 cm³/mol. The Hall–Kier alpha value is -3.32. The van der Waals surface area contributed by atoms with E-state index in [1.807, 2.05) is 5.32 Å². The van der Waals surface area contributed by atoms with Crippen LogP contribution in [0.1, 0.15) is 16.7 Å². The van der Waals surface area contributed by atoms with Crippen LogP contribution in [0.3, 0.4) is 0 Å². The number of hydrogen-bond donors (Lipinski definition) is 1. The van der Waals surface area contributed by atoms with E-state index in [2.05, 4.69) is 0 Å². The van der Waals surface area contributed by atoms with Gasteiger partial charge in [0.25, 0.3) is 11.1 Å². The topological polar surface area (TPSA) is 79.2 Å². The summed E-state index contributed by atoms with van der Waals surface area (Å²) in [6.45, 7) is 0. The van der Waals surface area contributed by atoms with Crippen LogP contribution in [0, 0.1) is 17.1 Å². The molecule has 0 saturated carbocycles. The summed E-state index contributed by atoms with van der Waals surface area (Å²) < 4.78 is 58.9. The third-order valence-electron chi connectivity index (χ3n) is 3.53. The second kappa shape index (κ2) is 7.36. The lowest BCUT2D eigenvalue weighted by Crippen LogP contribution is -2.17. The molecule has 10 heteroatoms. The number of thioether (sulfide) groups is 1. The van der Waals surface area contributed by atoms with Crippen LogP contribution < -0.4 is 10.1 Å². The van der Waals surface area contributed by atoms with Crippen molar-refractivity contribution in [3.8, 4) is 17.6 Å². The van der Waals surface area contributed by atoms with Gasteiger partial charge in [-0.25, -0.2) is 4.39 Å². The molecule has 0 unspecified atom stereocenters. The minimum Gasteiger partial charge on any atom is -0.454 e. The summed E-state index contributed by atoms with van der Waals surface area (Å²) in [5, 5.41) is 10.2. The van der Waals surface area contributed by atoms with Crippen molar-refractivity contribution in [3.63, 3.8) is 0 Å². The highest BCUT2D eigenvalue weighted by molar-refractivity contribution is 8.18. The molecule has 0 aliphatic carbocycles. The molecule has 0 atom stereocenters. The van der Waals surface area contributed by atoms with Gasteiger partial charge in [0.1, 0.15) is 5.75 Å². The minimum atomic E-state index is -4.80. The first-order chi connectivity index (χ1) is 13.2. The van der Waals surface area contributed by atoms with Gasteiger partial charge in [-0.2, -0.15) is 18.4 Å². The molecule has 142 valence electrons. The first kappa shape index (κ1) is 19.4. The van der Waals surface area contributed by atoms with E-state index in [1.165, 1.54) is 12.1 Å². The zero-order valence-corrected chi connectivity index (χ0v) is 14.5. The number of halogens is 4. The molecule has 28 heavy (non-hydrogen) atoms. The monoisotopic (exact) mass is 408 g/mol. The fraction of sp³-hybridized carbons (Fsp3) is 0.0556. The van der Waals surface area contributed by atoms with Gasteiger partial charge in [0.2, 0.25) is 0 Å². The van der Waals surface area contributed by atoms with Crippen LogP contribution in [0.4, 0.5) is 22.4 Å². The van der Waals surface area contributed by atoms with Gasteiger partial charge in [0.05, 0.1) is 22.1 Å². The SMILES string of the molecule is N#Cc1ccc(Oc2ccc(/C=C3\SC(=O)NC3=O)cc2F)c(C(F)(F)F)c1. The summed E-state index contributed by atoms with van der Waals surface area (Å²) in [6.07, 6.45) is -3.54. The maximum Gasteiger partial charge on any atom is 0.420 e. The number of carbonyl (C=O) groups excluding carboxylic acids is 2. The Bertz CT molecular complexity index is 1060. The van der Waals surface area contributed by atoms with Crippen molar-refractivity contribution >= 4 is 29.0 Å². The van der Waals surface area contributed by atoms with E-state index in [-0.39, 0.29) is 16.0 Å². The molecule has 1 aliphatic heterocycles. The fourth-order valence-electron chi connectivity index (χ4n) is 2.29. The van der Waals surface area contributed by atoms with Crippen molar-refractivity contribution in [1.29, 1.82) is 5.26 Å². The van der Waals surface area contributed by atoms with Crippen LogP contribution in [0.5, 0.6) is 11.5 Å². The van der Waals surface area contributed by atoms with E-state index in [0.29, 0.717) is 17.8 Å². The molecule has 0 spiro atoms. The highest BCUT2D eigenvalue weighted by Crippen LogP contribution is 2.39. The van der Waals surface area contributed by atoms with Crippen LogP contribution in [0.2, 0.25) is 0 Å². The highest BCUT2D eigenvalue weighted by Gasteiger charge is 2.35. The largest absolute Gasteiger partial charge is 0.454 e. The molecule has 1 aliphatic rings. The second-order valence-corrected chi connectivity index (χ2v) is 6.48. The quantitative estimate of drug-likeness (QED) is 0.581. The summed E-state index contributed by atoms with van der Waals surface area (Å²) in [5.41, 5.74) is -1.22. The minimum absolute atomic E-state index is 0.0597. The molecule has 3 rings (SSSR count). The number of amides is 2. The molecule has 5 nitrogen and oxygen atoms in total. The fourth-order valence-corrected chi connectivity index (χ4v) is 2.97. The molecular weight excluding hydrogens is 400 g/mol. The third kappa shape index (κ3) is 4.15. The van der Waals surface area contributed by atoms with Crippen LogP contribution >= 0.6 is 11.8 Å². The molecular formula is C18H8F4N2O3S. The van der Waals surface area contributed by atoms with Crippen molar-refractivity contribution in [2.45, 2.75) is 6.18 Å². The Kier molecular flexibility index (Phi) is 5.11. The smallest absolute Gasteiger partial charge is 0.420 e. The second-order valence-electron chi connectivity index (χ2n) is 5.46. The zero-order chi connectivity index (χ0) is 20.5. The molecule has 1 N–H and O–H groups in total. The molecule has 0 radical (unpaired) electrons. The Balaban J connectivity index is 1.91. The average molecular weight is 408 g/mol. The number of nitrogens with zero attached hydrogens (tertiary/aromatic N) is 1. The molecule has 2 amide bonds. The van der Waals surface area contributed by atoms with Crippen LogP contribution in [0.15, 0.2) is 41.3 Å². The van der Waals surface area contributed by atoms with Crippen LogP contribution in [-0.4, -0.2) is 11.1 Å². The number of alkyl halides is 3. The summed E-state index contributed by atoms with van der Waals surface area (Å²) in [7, 11) is 0. The van der Waals surface area contributed by atoms with Gasteiger partial charge >= 0.3 is 6.18 Å². The Labute approximate surface area is 159 Å². The lowest BCUT2D eigenvalue weighted by atomic mass is 10.1. The van der Waals surface area contributed by atoms with E-state index < -0.39 is 40.2 Å². The number of carbonyl (C=O) groups is 2. The molecule has 2 aromatic rings. The molecule has 2 aromatic carbocycles. The van der Waals surface area contributed by atoms with Crippen molar-refractivity contribution in [3.05, 3.63) is 63.8 Å². The summed E-state index contributed by atoms with van der Waals surface area (Å²) in [4.78, 5) is 22.7. The molecule has 0 aromatic heterocycles. The number of rotatable bonds is 3. The molecule has 1 saturated heterocycles. The maximum absolute atomic E-state index is 14.3. The van der Waals surface area contributed by atoms with Crippen LogP contribution in [-0.2, 0) is 11.0 Å². The van der Waals surface area contributed by atoms with Gasteiger partial charge < -0.3 is 4.74 Å². The third-order valence-corrected chi connectivity index (χ3v) is 4.34. The Morgan fingerprint density at radius 2 is 1.82 bits per heavy atom. The predicted octanol–water partition coefficient (Wildman–Crippen LogP) is 4.83. The summed E-state index contributed by atoms with van der Waals surface area (Å²) in [5.74, 6) is -2.73. The average Bonchev–Trinajstić information content (AvgIpc) is 2.93. The van der Waals surface area contributed by atoms with Gasteiger partial charge in [0, 0.05) is 0 Å². The van der Waals surface area contributed by atoms with E-state index >= 15 is 0 Å². The highest BCUT2D eigenvalue weighted by atomic mass is 32.2. The van der Waals surface area contributed by atoms with Gasteiger partial charge in [-0.05, 0) is 53.7 Å². The normalized spacial score (nSPS) is 15.5. The van der Waals surface area contributed by atoms with Gasteiger partial charge in [-0.3, -0.25) is 14.9 Å². The maximum atomic E-state index is 14.3. The Morgan fingerprint density at radius 3 is 2.39 bits per heavy atom. The van der Waals surface area contributed by atoms with Crippen molar-refractivity contribution < 1.29 is 31.9 Å². The first-order valence-corrected chi connectivity index (χ1v) is 8.32. The number of nitrogens with one attached hydrogen (secondary N) is 1. The van der Waals surface area contributed by atoms with Crippen LogP contribution in [0.25, 0.3) is 6.08 Å². The van der Waals surface area contributed by atoms with Crippen molar-refractivity contribution in [1.82, 2.24) is 5.32 Å². The number of nitriles is 1. The standard InChI is InChI=1S/C18H8F4N2O3S/c19-12-6-9(7-15-16(25)24-17(26)28-15)1-4-14(12)27-13-3-2-10(8-23)5-11(13)18(20,21)22/h1-7H,(H,24,25,26)/b15-7-. The number of ether oxygens (including phenoxy) is 1. The van der Waals surface area contributed by atoms with E-state index in [1.54, 1.807) is 6.07 Å². The molecule has 0 bridgehead atoms. The van der Waals surface area contributed by atoms with Gasteiger partial charge in [0.15, 0.2) is 11.6 Å². The lowest BCUT2D eigenvalue weighted by Gasteiger charge is -2.14. The molecule has 1 fully saturated rings. The van der Waals surface area contributed by atoms with Gasteiger partial charge in [-0.1, -0.05) is 6.07 Å². The summed E-state index contributed by atoms with van der Waals surface area (Å²) in [6, 6.07) is 7.63. The lowest BCUT2D eigenvalue weighted by molar-refractivity contribution is -0.138. The van der Waals surface area contributed by atoms with E-state index in [9.17, 15) is 27.2 Å². The number of benzene rings is 2. The first-order valence-electron chi connectivity index (χ1n) is 7.51. The number of hydrogen-bond acceptors (Lipinski definition) is 5. The Morgan fingerprint density at radius 1 is 1.11 bits per heavy atom. The van der Waals surface area contributed by atoms with Gasteiger partial charge in [-0.15, -0.1) is 0 Å².